The third kappa shape index (κ3) is 8.00. The van der Waals surface area contributed by atoms with Crippen molar-refractivity contribution in [3.05, 3.63) is 25.3 Å². The van der Waals surface area contributed by atoms with Crippen molar-refractivity contribution >= 4 is 11.9 Å². The zero-order valence-corrected chi connectivity index (χ0v) is 14.3. The number of hydrogen-bond donors (Lipinski definition) is 0. The summed E-state index contributed by atoms with van der Waals surface area (Å²) in [6.45, 7) is 8.87. The highest BCUT2D eigenvalue weighted by Gasteiger charge is 2.23. The van der Waals surface area contributed by atoms with Crippen molar-refractivity contribution < 1.29 is 19.1 Å². The molecule has 0 radical (unpaired) electrons. The van der Waals surface area contributed by atoms with Crippen molar-refractivity contribution in [3.63, 3.8) is 0 Å². The summed E-state index contributed by atoms with van der Waals surface area (Å²) in [5, 5.41) is 0. The van der Waals surface area contributed by atoms with E-state index in [1.807, 2.05) is 0 Å². The van der Waals surface area contributed by atoms with Gasteiger partial charge >= 0.3 is 11.9 Å². The number of ether oxygens (including phenoxy) is 2. The van der Waals surface area contributed by atoms with Crippen LogP contribution in [0.1, 0.15) is 64.7 Å². The molecule has 2 atom stereocenters. The lowest BCUT2D eigenvalue weighted by atomic mass is 9.88. The molecule has 0 amide bonds. The SMILES string of the molecule is C=CC(=O)OC1CCCCC1.C=CC(=O)OC1CCCCC1C. The molecule has 2 unspecified atom stereocenters. The van der Waals surface area contributed by atoms with E-state index in [1.54, 1.807) is 0 Å². The van der Waals surface area contributed by atoms with Gasteiger partial charge < -0.3 is 9.47 Å². The summed E-state index contributed by atoms with van der Waals surface area (Å²) in [5.41, 5.74) is 0. The average Bonchev–Trinajstić information content (AvgIpc) is 2.58. The van der Waals surface area contributed by atoms with Gasteiger partial charge in [-0.2, -0.15) is 0 Å². The minimum absolute atomic E-state index is 0.129. The summed E-state index contributed by atoms with van der Waals surface area (Å²) in [7, 11) is 0. The molecular formula is C19H30O4. The van der Waals surface area contributed by atoms with E-state index < -0.39 is 0 Å². The molecule has 0 aliphatic heterocycles. The lowest BCUT2D eigenvalue weighted by Crippen LogP contribution is -2.27. The van der Waals surface area contributed by atoms with Crippen molar-refractivity contribution in [1.82, 2.24) is 0 Å². The van der Waals surface area contributed by atoms with Gasteiger partial charge in [0.25, 0.3) is 0 Å². The Morgan fingerprint density at radius 2 is 1.35 bits per heavy atom. The highest BCUT2D eigenvalue weighted by Crippen LogP contribution is 2.26. The van der Waals surface area contributed by atoms with Crippen molar-refractivity contribution in [2.24, 2.45) is 5.92 Å². The van der Waals surface area contributed by atoms with Crippen molar-refractivity contribution in [1.29, 1.82) is 0 Å². The van der Waals surface area contributed by atoms with Gasteiger partial charge in [0.15, 0.2) is 0 Å². The van der Waals surface area contributed by atoms with Crippen LogP contribution in [0.15, 0.2) is 25.3 Å². The van der Waals surface area contributed by atoms with Crippen LogP contribution in [0, 0.1) is 5.92 Å². The molecule has 2 rings (SSSR count). The fourth-order valence-electron chi connectivity index (χ4n) is 3.05. The van der Waals surface area contributed by atoms with Crippen LogP contribution in [0.4, 0.5) is 0 Å². The molecule has 2 aliphatic rings. The Morgan fingerprint density at radius 1 is 0.826 bits per heavy atom. The molecular weight excluding hydrogens is 292 g/mol. The molecule has 2 saturated carbocycles. The summed E-state index contributed by atoms with van der Waals surface area (Å²) in [6, 6.07) is 0. The van der Waals surface area contributed by atoms with Crippen LogP contribution in [0.25, 0.3) is 0 Å². The molecule has 0 bridgehead atoms. The maximum absolute atomic E-state index is 10.9. The number of esters is 2. The molecule has 2 aliphatic carbocycles. The fraction of sp³-hybridized carbons (Fsp3) is 0.684. The summed E-state index contributed by atoms with van der Waals surface area (Å²) in [5.74, 6) is -0.0479. The van der Waals surface area contributed by atoms with Gasteiger partial charge in [-0.25, -0.2) is 9.59 Å². The molecule has 4 nitrogen and oxygen atoms in total. The Kier molecular flexibility index (Phi) is 9.34. The van der Waals surface area contributed by atoms with E-state index in [-0.39, 0.29) is 24.1 Å². The standard InChI is InChI=1S/C10H16O2.C9H14O2/c1-3-10(11)12-9-7-5-4-6-8(9)2;1-2-9(10)11-8-6-4-3-5-7-8/h3,8-9H,1,4-7H2,2H3;2,8H,1,3-7H2. The average molecular weight is 322 g/mol. The van der Waals surface area contributed by atoms with Crippen LogP contribution in [-0.4, -0.2) is 24.1 Å². The first-order valence-corrected chi connectivity index (χ1v) is 8.73. The molecule has 130 valence electrons. The molecule has 0 N–H and O–H groups in total. The van der Waals surface area contributed by atoms with Gasteiger partial charge in [0.05, 0.1) is 0 Å². The number of rotatable bonds is 4. The van der Waals surface area contributed by atoms with Crippen LogP contribution in [0.3, 0.4) is 0 Å². The van der Waals surface area contributed by atoms with Crippen LogP contribution in [0.2, 0.25) is 0 Å². The van der Waals surface area contributed by atoms with Crippen LogP contribution in [0.5, 0.6) is 0 Å². The minimum atomic E-state index is -0.284. The van der Waals surface area contributed by atoms with Gasteiger partial charge in [-0.05, 0) is 50.9 Å². The lowest BCUT2D eigenvalue weighted by Gasteiger charge is -2.27. The van der Waals surface area contributed by atoms with Crippen molar-refractivity contribution in [2.75, 3.05) is 0 Å². The van der Waals surface area contributed by atoms with Crippen molar-refractivity contribution in [2.45, 2.75) is 76.9 Å². The highest BCUT2D eigenvalue weighted by molar-refractivity contribution is 5.81. The van der Waals surface area contributed by atoms with Gasteiger partial charge in [0.1, 0.15) is 12.2 Å². The van der Waals surface area contributed by atoms with Gasteiger partial charge in [-0.3, -0.25) is 0 Å². The molecule has 4 heteroatoms. The Balaban J connectivity index is 0.000000231. The smallest absolute Gasteiger partial charge is 0.330 e. The zero-order valence-electron chi connectivity index (χ0n) is 14.3. The monoisotopic (exact) mass is 322 g/mol. The van der Waals surface area contributed by atoms with Gasteiger partial charge in [0.2, 0.25) is 0 Å². The Bertz CT molecular complexity index is 396. The normalized spacial score (nSPS) is 24.6. The number of carbonyl (C=O) groups is 2. The lowest BCUT2D eigenvalue weighted by molar-refractivity contribution is -0.147. The van der Waals surface area contributed by atoms with Crippen LogP contribution >= 0.6 is 0 Å². The van der Waals surface area contributed by atoms with Gasteiger partial charge in [0, 0.05) is 12.2 Å². The van der Waals surface area contributed by atoms with Gasteiger partial charge in [-0.15, -0.1) is 0 Å². The highest BCUT2D eigenvalue weighted by atomic mass is 16.5. The quantitative estimate of drug-likeness (QED) is 0.570. The largest absolute Gasteiger partial charge is 0.459 e. The summed E-state index contributed by atoms with van der Waals surface area (Å²) < 4.78 is 10.3. The third-order valence-corrected chi connectivity index (χ3v) is 4.47. The van der Waals surface area contributed by atoms with E-state index in [1.165, 1.54) is 50.7 Å². The maximum atomic E-state index is 10.9. The predicted molar refractivity (Wildman–Crippen MR) is 90.9 cm³/mol. The second-order valence-corrected chi connectivity index (χ2v) is 6.34. The van der Waals surface area contributed by atoms with E-state index in [9.17, 15) is 9.59 Å². The van der Waals surface area contributed by atoms with Crippen LogP contribution < -0.4 is 0 Å². The number of hydrogen-bond acceptors (Lipinski definition) is 4. The summed E-state index contributed by atoms with van der Waals surface area (Å²) >= 11 is 0. The summed E-state index contributed by atoms with van der Waals surface area (Å²) in [6.07, 6.45) is 13.1. The second kappa shape index (κ2) is 11.0. The Hall–Kier alpha value is -1.58. The predicted octanol–water partition coefficient (Wildman–Crippen LogP) is 4.34. The maximum Gasteiger partial charge on any atom is 0.330 e. The molecule has 0 aromatic rings. The van der Waals surface area contributed by atoms with Crippen molar-refractivity contribution in [3.8, 4) is 0 Å². The van der Waals surface area contributed by atoms with E-state index >= 15 is 0 Å². The van der Waals surface area contributed by atoms with E-state index in [4.69, 9.17) is 9.47 Å². The molecule has 0 saturated heterocycles. The fourth-order valence-corrected chi connectivity index (χ4v) is 3.05. The first-order valence-electron chi connectivity index (χ1n) is 8.73. The molecule has 0 aromatic heterocycles. The molecule has 0 heterocycles. The minimum Gasteiger partial charge on any atom is -0.459 e. The second-order valence-electron chi connectivity index (χ2n) is 6.34. The first-order chi connectivity index (χ1) is 11.1. The zero-order chi connectivity index (χ0) is 17.1. The Labute approximate surface area is 139 Å². The molecule has 2 fully saturated rings. The third-order valence-electron chi connectivity index (χ3n) is 4.47. The topological polar surface area (TPSA) is 52.6 Å². The first kappa shape index (κ1) is 19.5. The molecule has 23 heavy (non-hydrogen) atoms. The number of carbonyl (C=O) groups excluding carboxylic acids is 2. The Morgan fingerprint density at radius 3 is 1.91 bits per heavy atom. The van der Waals surface area contributed by atoms with E-state index in [0.717, 1.165) is 19.3 Å². The summed E-state index contributed by atoms with van der Waals surface area (Å²) in [4.78, 5) is 21.6. The van der Waals surface area contributed by atoms with E-state index in [0.29, 0.717) is 5.92 Å². The van der Waals surface area contributed by atoms with E-state index in [2.05, 4.69) is 20.1 Å². The molecule has 0 spiro atoms. The van der Waals surface area contributed by atoms with Crippen LogP contribution in [-0.2, 0) is 19.1 Å². The molecule has 0 aromatic carbocycles. The van der Waals surface area contributed by atoms with Gasteiger partial charge in [-0.1, -0.05) is 32.9 Å².